The lowest BCUT2D eigenvalue weighted by Crippen LogP contribution is -2.56. The zero-order valence-electron chi connectivity index (χ0n) is 28.5. The van der Waals surface area contributed by atoms with Gasteiger partial charge in [0.25, 0.3) is 11.5 Å². The molecular formula is C35H50F3N5O4. The number of pyridine rings is 1. The Kier molecular flexibility index (Phi) is 10.9. The van der Waals surface area contributed by atoms with Gasteiger partial charge in [0.05, 0.1) is 18.8 Å². The number of ether oxygens (including phenoxy) is 2. The van der Waals surface area contributed by atoms with E-state index in [1.165, 1.54) is 4.90 Å². The number of morpholine rings is 1. The monoisotopic (exact) mass is 661 g/mol. The molecule has 1 aromatic carbocycles. The zero-order chi connectivity index (χ0) is 34.0. The van der Waals surface area contributed by atoms with E-state index in [0.29, 0.717) is 55.4 Å². The number of nitrogens with one attached hydrogen (secondary N) is 2. The second-order valence-corrected chi connectivity index (χ2v) is 13.7. The van der Waals surface area contributed by atoms with Gasteiger partial charge in [-0.25, -0.2) is 0 Å². The molecule has 3 aliphatic rings. The number of carbonyl (C=O) groups is 1. The van der Waals surface area contributed by atoms with E-state index < -0.39 is 12.7 Å². The van der Waals surface area contributed by atoms with Gasteiger partial charge in [0.1, 0.15) is 11.9 Å². The van der Waals surface area contributed by atoms with E-state index >= 15 is 0 Å². The quantitative estimate of drug-likeness (QED) is 0.366. The molecule has 0 bridgehead atoms. The van der Waals surface area contributed by atoms with E-state index in [2.05, 4.69) is 33.9 Å². The summed E-state index contributed by atoms with van der Waals surface area (Å²) >= 11 is 0. The minimum absolute atomic E-state index is 0.00868. The molecule has 9 nitrogen and oxygen atoms in total. The number of hydrogen-bond acceptors (Lipinski definition) is 7. The van der Waals surface area contributed by atoms with Crippen molar-refractivity contribution in [1.82, 2.24) is 20.1 Å². The maximum Gasteiger partial charge on any atom is 0.401 e. The molecule has 260 valence electrons. The van der Waals surface area contributed by atoms with Crippen LogP contribution in [0.15, 0.2) is 23.0 Å². The highest BCUT2D eigenvalue weighted by Crippen LogP contribution is 2.37. The molecule has 2 aromatic rings. The highest BCUT2D eigenvalue weighted by molar-refractivity contribution is 5.97. The molecule has 1 aromatic heterocycles. The highest BCUT2D eigenvalue weighted by atomic mass is 19.4. The number of amides is 1. The lowest BCUT2D eigenvalue weighted by atomic mass is 9.87. The molecule has 2 saturated heterocycles. The standard InChI is InChI=1S/C35H50F3N5O4/c1-7-43(26-8-10-41(11-9-26)20-35(36,37)38)32-16-29(47-28-13-27(14-28)42-18-23(4)46-24(5)19-42)15-30(25(32)6)33(44)39-17-31-21(2)12-22(3)40-34(31)45/h12,15-16,23-24,26-28H,7-11,13-14,17-20H2,1-6H3,(H,39,44)(H,40,45)/t23-,24+,27-,28-. The number of aromatic nitrogens is 1. The summed E-state index contributed by atoms with van der Waals surface area (Å²) in [5.74, 6) is 0.285. The first-order valence-corrected chi connectivity index (χ1v) is 16.9. The Morgan fingerprint density at radius 1 is 1.09 bits per heavy atom. The van der Waals surface area contributed by atoms with E-state index in [9.17, 15) is 22.8 Å². The number of likely N-dealkylation sites (tertiary alicyclic amines) is 1. The molecule has 0 unspecified atom stereocenters. The minimum atomic E-state index is -4.22. The number of rotatable bonds is 10. The number of H-pyrrole nitrogens is 1. The van der Waals surface area contributed by atoms with Gasteiger partial charge < -0.3 is 24.7 Å². The Morgan fingerprint density at radius 2 is 1.74 bits per heavy atom. The Morgan fingerprint density at radius 3 is 2.34 bits per heavy atom. The first-order chi connectivity index (χ1) is 22.2. The molecule has 1 amide bonds. The molecule has 0 spiro atoms. The lowest BCUT2D eigenvalue weighted by Gasteiger charge is -2.47. The van der Waals surface area contributed by atoms with Crippen LogP contribution in [0, 0.1) is 20.8 Å². The number of aromatic amines is 1. The molecule has 5 rings (SSSR count). The zero-order valence-corrected chi connectivity index (χ0v) is 28.5. The Balaban J connectivity index is 1.36. The van der Waals surface area contributed by atoms with Gasteiger partial charge in [0, 0.05) is 92.8 Å². The number of anilines is 1. The molecular weight excluding hydrogens is 611 g/mol. The van der Waals surface area contributed by atoms with Crippen molar-refractivity contribution in [3.05, 3.63) is 56.5 Å². The molecule has 12 heteroatoms. The number of piperidine rings is 1. The second kappa shape index (κ2) is 14.6. The summed E-state index contributed by atoms with van der Waals surface area (Å²) in [5.41, 5.74) is 3.91. The first kappa shape index (κ1) is 35.2. The normalized spacial score (nSPS) is 24.5. The fourth-order valence-corrected chi connectivity index (χ4v) is 7.55. The van der Waals surface area contributed by atoms with Crippen molar-refractivity contribution >= 4 is 11.6 Å². The second-order valence-electron chi connectivity index (χ2n) is 13.7. The van der Waals surface area contributed by atoms with Gasteiger partial charge in [-0.15, -0.1) is 0 Å². The number of alkyl halides is 3. The number of hydrogen-bond donors (Lipinski definition) is 2. The summed E-state index contributed by atoms with van der Waals surface area (Å²) in [4.78, 5) is 35.3. The van der Waals surface area contributed by atoms with Crippen molar-refractivity contribution < 1.29 is 27.4 Å². The predicted molar refractivity (Wildman–Crippen MR) is 176 cm³/mol. The maximum atomic E-state index is 13.8. The van der Waals surface area contributed by atoms with Crippen molar-refractivity contribution in [3.63, 3.8) is 0 Å². The molecule has 2 atom stereocenters. The van der Waals surface area contributed by atoms with Gasteiger partial charge in [0.15, 0.2) is 0 Å². The van der Waals surface area contributed by atoms with Gasteiger partial charge in [-0.3, -0.25) is 19.4 Å². The Labute approximate surface area is 275 Å². The third kappa shape index (κ3) is 8.69. The van der Waals surface area contributed by atoms with E-state index in [-0.39, 0.29) is 42.4 Å². The number of carbonyl (C=O) groups excluding carboxylic acids is 1. The summed E-state index contributed by atoms with van der Waals surface area (Å²) in [6.07, 6.45) is -0.877. The highest BCUT2D eigenvalue weighted by Gasteiger charge is 2.39. The molecule has 3 fully saturated rings. The lowest BCUT2D eigenvalue weighted by molar-refractivity contribution is -0.147. The maximum absolute atomic E-state index is 13.8. The summed E-state index contributed by atoms with van der Waals surface area (Å²) in [7, 11) is 0. The summed E-state index contributed by atoms with van der Waals surface area (Å²) < 4.78 is 51.6. The molecule has 0 radical (unpaired) electrons. The third-order valence-electron chi connectivity index (χ3n) is 9.91. The number of halogens is 3. The SMILES string of the molecule is CCN(c1cc(O[C@H]2C[C@H](N3C[C@@H](C)O[C@@H](C)C3)C2)cc(C(=O)NCc2c(C)cc(C)[nH]c2=O)c1C)C1CCN(CC(F)(F)F)CC1. The van der Waals surface area contributed by atoms with Gasteiger partial charge in [-0.05, 0) is 77.6 Å². The minimum Gasteiger partial charge on any atom is -0.490 e. The van der Waals surface area contributed by atoms with E-state index in [1.807, 2.05) is 39.8 Å². The molecule has 2 aliphatic heterocycles. The van der Waals surface area contributed by atoms with Crippen molar-refractivity contribution in [2.75, 3.05) is 44.2 Å². The van der Waals surface area contributed by atoms with Crippen molar-refractivity contribution in [2.45, 2.75) is 110 Å². The van der Waals surface area contributed by atoms with E-state index in [0.717, 1.165) is 48.4 Å². The molecule has 1 saturated carbocycles. The Hall–Kier alpha value is -3.09. The predicted octanol–water partition coefficient (Wildman–Crippen LogP) is 5.10. The Bertz CT molecular complexity index is 1460. The number of benzene rings is 1. The van der Waals surface area contributed by atoms with Crippen molar-refractivity contribution in [2.24, 2.45) is 0 Å². The smallest absolute Gasteiger partial charge is 0.401 e. The van der Waals surface area contributed by atoms with Crippen LogP contribution in [0.25, 0.3) is 0 Å². The van der Waals surface area contributed by atoms with Gasteiger partial charge in [-0.2, -0.15) is 13.2 Å². The fourth-order valence-electron chi connectivity index (χ4n) is 7.55. The number of nitrogens with zero attached hydrogens (tertiary/aromatic N) is 3. The average Bonchev–Trinajstić information content (AvgIpc) is 2.95. The van der Waals surface area contributed by atoms with Crippen LogP contribution in [0.2, 0.25) is 0 Å². The van der Waals surface area contributed by atoms with Crippen LogP contribution in [-0.4, -0.2) is 96.5 Å². The fraction of sp³-hybridized carbons (Fsp3) is 0.657. The summed E-state index contributed by atoms with van der Waals surface area (Å²) in [5, 5.41) is 2.95. The van der Waals surface area contributed by atoms with Gasteiger partial charge in [-0.1, -0.05) is 0 Å². The summed E-state index contributed by atoms with van der Waals surface area (Å²) in [6, 6.07) is 6.10. The van der Waals surface area contributed by atoms with Crippen molar-refractivity contribution in [3.8, 4) is 5.75 Å². The first-order valence-electron chi connectivity index (χ1n) is 16.9. The molecule has 1 aliphatic carbocycles. The van der Waals surface area contributed by atoms with Crippen LogP contribution in [0.5, 0.6) is 5.75 Å². The van der Waals surface area contributed by atoms with Crippen LogP contribution in [0.4, 0.5) is 18.9 Å². The molecule has 2 N–H and O–H groups in total. The average molecular weight is 662 g/mol. The molecule has 3 heterocycles. The third-order valence-corrected chi connectivity index (χ3v) is 9.91. The summed E-state index contributed by atoms with van der Waals surface area (Å²) in [6.45, 7) is 14.1. The van der Waals surface area contributed by atoms with Gasteiger partial charge in [0.2, 0.25) is 0 Å². The van der Waals surface area contributed by atoms with Crippen LogP contribution < -0.4 is 20.5 Å². The molecule has 47 heavy (non-hydrogen) atoms. The van der Waals surface area contributed by atoms with Crippen LogP contribution >= 0.6 is 0 Å². The largest absolute Gasteiger partial charge is 0.490 e. The van der Waals surface area contributed by atoms with Crippen molar-refractivity contribution in [1.29, 1.82) is 0 Å². The van der Waals surface area contributed by atoms with Crippen LogP contribution in [0.3, 0.4) is 0 Å². The van der Waals surface area contributed by atoms with Crippen LogP contribution in [0.1, 0.15) is 79.2 Å². The number of aryl methyl sites for hydroxylation is 2. The van der Waals surface area contributed by atoms with E-state index in [4.69, 9.17) is 9.47 Å². The van der Waals surface area contributed by atoms with Crippen LogP contribution in [-0.2, 0) is 11.3 Å². The van der Waals surface area contributed by atoms with Gasteiger partial charge >= 0.3 is 6.18 Å². The topological polar surface area (TPSA) is 90.1 Å². The van der Waals surface area contributed by atoms with E-state index in [1.54, 1.807) is 6.07 Å².